The van der Waals surface area contributed by atoms with E-state index in [4.69, 9.17) is 27.9 Å². The highest BCUT2D eigenvalue weighted by atomic mass is 35.5. The van der Waals surface area contributed by atoms with Crippen LogP contribution in [0.15, 0.2) is 66.7 Å². The van der Waals surface area contributed by atoms with E-state index in [-0.39, 0.29) is 24.2 Å². The van der Waals surface area contributed by atoms with Crippen LogP contribution in [0.2, 0.25) is 10.0 Å². The van der Waals surface area contributed by atoms with Gasteiger partial charge in [-0.25, -0.2) is 4.79 Å². The topological polar surface area (TPSA) is 67.4 Å². The fraction of sp³-hybridized carbons (Fsp3) is 0.231. The fourth-order valence-electron chi connectivity index (χ4n) is 4.14. The van der Waals surface area contributed by atoms with Crippen molar-refractivity contribution in [3.05, 3.63) is 93.5 Å². The molecule has 1 atom stereocenters. The smallest absolute Gasteiger partial charge is 0.407 e. The lowest BCUT2D eigenvalue weighted by Gasteiger charge is -2.18. The highest BCUT2D eigenvalue weighted by Crippen LogP contribution is 2.44. The Morgan fingerprint density at radius 1 is 0.971 bits per heavy atom. The first kappa shape index (κ1) is 24.5. The van der Waals surface area contributed by atoms with Gasteiger partial charge >= 0.3 is 6.09 Å². The number of carbonyl (C=O) groups is 2. The number of hydrogen-bond acceptors (Lipinski definition) is 4. The maximum atomic E-state index is 12.5. The van der Waals surface area contributed by atoms with Crippen molar-refractivity contribution >= 4 is 47.8 Å². The van der Waals surface area contributed by atoms with E-state index in [1.54, 1.807) is 12.1 Å². The zero-order valence-electron chi connectivity index (χ0n) is 18.3. The van der Waals surface area contributed by atoms with Crippen LogP contribution in [0.4, 0.5) is 4.79 Å². The first-order valence-electron chi connectivity index (χ1n) is 10.9. The van der Waals surface area contributed by atoms with E-state index in [2.05, 4.69) is 47.5 Å². The third-order valence-electron chi connectivity index (χ3n) is 5.84. The summed E-state index contributed by atoms with van der Waals surface area (Å²) in [6.07, 6.45) is -0.122. The van der Waals surface area contributed by atoms with Crippen LogP contribution in [0.5, 0.6) is 0 Å². The van der Waals surface area contributed by atoms with Crippen molar-refractivity contribution in [1.82, 2.24) is 10.6 Å². The molecule has 0 spiro atoms. The van der Waals surface area contributed by atoms with Gasteiger partial charge in [-0.15, -0.1) is 0 Å². The molecular weight excluding hydrogens is 491 g/mol. The van der Waals surface area contributed by atoms with E-state index in [1.807, 2.05) is 30.3 Å². The molecule has 0 saturated heterocycles. The monoisotopic (exact) mass is 514 g/mol. The molecule has 1 aliphatic carbocycles. The number of rotatable bonds is 8. The third kappa shape index (κ3) is 5.52. The summed E-state index contributed by atoms with van der Waals surface area (Å²) in [5.74, 6) is -0.253. The van der Waals surface area contributed by atoms with E-state index < -0.39 is 12.1 Å². The highest BCUT2D eigenvalue weighted by molar-refractivity contribution is 7.80. The summed E-state index contributed by atoms with van der Waals surface area (Å²) in [5.41, 5.74) is 5.43. The Hall–Kier alpha value is -2.67. The summed E-state index contributed by atoms with van der Waals surface area (Å²) in [6, 6.07) is 20.6. The Kier molecular flexibility index (Phi) is 8.03. The predicted molar refractivity (Wildman–Crippen MR) is 139 cm³/mol. The average molecular weight is 515 g/mol. The third-order valence-corrected chi connectivity index (χ3v) is 6.80. The molecule has 8 heteroatoms. The molecule has 0 saturated carbocycles. The second kappa shape index (κ2) is 11.2. The molecule has 2 amide bonds. The van der Waals surface area contributed by atoms with Crippen molar-refractivity contribution in [3.8, 4) is 11.1 Å². The first-order chi connectivity index (χ1) is 16.5. The van der Waals surface area contributed by atoms with Crippen LogP contribution >= 0.6 is 35.8 Å². The lowest BCUT2D eigenvalue weighted by Crippen LogP contribution is -2.48. The van der Waals surface area contributed by atoms with Crippen molar-refractivity contribution in [2.24, 2.45) is 0 Å². The molecule has 34 heavy (non-hydrogen) atoms. The Labute approximate surface area is 214 Å². The van der Waals surface area contributed by atoms with Crippen LogP contribution in [0.25, 0.3) is 11.1 Å². The fourth-order valence-corrected chi connectivity index (χ4v) is 4.90. The van der Waals surface area contributed by atoms with Crippen molar-refractivity contribution in [2.45, 2.75) is 18.4 Å². The molecule has 0 fully saturated rings. The van der Waals surface area contributed by atoms with Gasteiger partial charge in [0.1, 0.15) is 12.6 Å². The maximum Gasteiger partial charge on any atom is 0.407 e. The van der Waals surface area contributed by atoms with Crippen LogP contribution in [0.1, 0.15) is 22.6 Å². The van der Waals surface area contributed by atoms with Gasteiger partial charge < -0.3 is 15.4 Å². The second-order valence-electron chi connectivity index (χ2n) is 7.98. The molecule has 0 aliphatic heterocycles. The summed E-state index contributed by atoms with van der Waals surface area (Å²) in [5, 5.41) is 6.52. The van der Waals surface area contributed by atoms with Crippen molar-refractivity contribution in [1.29, 1.82) is 0 Å². The number of fused-ring (bicyclic) bond motifs is 3. The summed E-state index contributed by atoms with van der Waals surface area (Å²) in [4.78, 5) is 25.0. The van der Waals surface area contributed by atoms with E-state index in [0.29, 0.717) is 23.0 Å². The molecule has 4 rings (SSSR count). The highest BCUT2D eigenvalue weighted by Gasteiger charge is 2.29. The van der Waals surface area contributed by atoms with Crippen LogP contribution in [0, 0.1) is 0 Å². The molecule has 5 nitrogen and oxygen atoms in total. The first-order valence-corrected chi connectivity index (χ1v) is 12.3. The number of nitrogens with one attached hydrogen (secondary N) is 2. The minimum atomic E-state index is -0.820. The van der Waals surface area contributed by atoms with E-state index >= 15 is 0 Å². The van der Waals surface area contributed by atoms with Crippen LogP contribution in [-0.2, 0) is 16.0 Å². The standard InChI is InChI=1S/C26H24Cl2N2O3S/c27-17-10-9-16(23(28)13-17)11-12-29-25(31)24(15-34)30-26(32)33-14-22-20-7-3-1-5-18(20)19-6-2-4-8-21(19)22/h1-10,13,22,24,34H,11-12,14-15H2,(H,29,31)(H,30,32). The molecule has 1 unspecified atom stereocenters. The van der Waals surface area contributed by atoms with Crippen molar-refractivity contribution in [2.75, 3.05) is 18.9 Å². The molecule has 3 aromatic rings. The Morgan fingerprint density at radius 3 is 2.24 bits per heavy atom. The number of hydrogen-bond donors (Lipinski definition) is 3. The molecule has 1 aliphatic rings. The van der Waals surface area contributed by atoms with Crippen LogP contribution < -0.4 is 10.6 Å². The lowest BCUT2D eigenvalue weighted by molar-refractivity contribution is -0.122. The van der Waals surface area contributed by atoms with Gasteiger partial charge in [0.15, 0.2) is 0 Å². The van der Waals surface area contributed by atoms with E-state index in [9.17, 15) is 9.59 Å². The number of alkyl carbamates (subject to hydrolysis) is 1. The van der Waals surface area contributed by atoms with E-state index in [0.717, 1.165) is 27.8 Å². The lowest BCUT2D eigenvalue weighted by atomic mass is 9.98. The van der Waals surface area contributed by atoms with Gasteiger partial charge in [-0.2, -0.15) is 12.6 Å². The predicted octanol–water partition coefficient (Wildman–Crippen LogP) is 5.49. The maximum absolute atomic E-state index is 12.5. The number of amides is 2. The van der Waals surface area contributed by atoms with Gasteiger partial charge in [0.05, 0.1) is 0 Å². The van der Waals surface area contributed by atoms with Gasteiger partial charge in [0.25, 0.3) is 0 Å². The molecule has 0 bridgehead atoms. The molecule has 0 aromatic heterocycles. The SMILES string of the molecule is O=C(NC(CS)C(=O)NCCc1ccc(Cl)cc1Cl)OCC1c2ccccc2-c2ccccc21. The van der Waals surface area contributed by atoms with Gasteiger partial charge in [-0.3, -0.25) is 4.79 Å². The number of ether oxygens (including phenoxy) is 1. The van der Waals surface area contributed by atoms with Gasteiger partial charge in [0.2, 0.25) is 5.91 Å². The number of thiol groups is 1. The molecule has 0 heterocycles. The van der Waals surface area contributed by atoms with Gasteiger partial charge in [-0.1, -0.05) is 77.8 Å². The normalized spacial score (nSPS) is 13.0. The Balaban J connectivity index is 1.30. The van der Waals surface area contributed by atoms with E-state index in [1.165, 1.54) is 0 Å². The van der Waals surface area contributed by atoms with Crippen molar-refractivity contribution in [3.63, 3.8) is 0 Å². The molecule has 176 valence electrons. The molecule has 2 N–H and O–H groups in total. The number of benzene rings is 3. The number of halogens is 2. The largest absolute Gasteiger partial charge is 0.449 e. The molecule has 0 radical (unpaired) electrons. The Morgan fingerprint density at radius 2 is 1.62 bits per heavy atom. The minimum absolute atomic E-state index is 0.0504. The zero-order chi connectivity index (χ0) is 24.1. The Bertz CT molecular complexity index is 1160. The molecular formula is C26H24Cl2N2O3S. The summed E-state index contributed by atoms with van der Waals surface area (Å²) in [6.45, 7) is 0.534. The zero-order valence-corrected chi connectivity index (χ0v) is 20.7. The minimum Gasteiger partial charge on any atom is -0.449 e. The second-order valence-corrected chi connectivity index (χ2v) is 9.19. The van der Waals surface area contributed by atoms with Gasteiger partial charge in [0, 0.05) is 28.3 Å². The summed E-state index contributed by atoms with van der Waals surface area (Å²) in [7, 11) is 0. The molecule has 3 aromatic carbocycles. The van der Waals surface area contributed by atoms with Gasteiger partial charge in [-0.05, 0) is 46.4 Å². The number of carbonyl (C=O) groups excluding carboxylic acids is 2. The van der Waals surface area contributed by atoms with Crippen LogP contribution in [0.3, 0.4) is 0 Å². The van der Waals surface area contributed by atoms with Crippen LogP contribution in [-0.4, -0.2) is 36.9 Å². The summed E-state index contributed by atoms with van der Waals surface area (Å²) >= 11 is 16.3. The average Bonchev–Trinajstić information content (AvgIpc) is 3.16. The summed E-state index contributed by atoms with van der Waals surface area (Å²) < 4.78 is 5.53. The van der Waals surface area contributed by atoms with Crippen molar-refractivity contribution < 1.29 is 14.3 Å². The quantitative estimate of drug-likeness (QED) is 0.348.